The summed E-state index contributed by atoms with van der Waals surface area (Å²) in [5.74, 6) is 1.03. The summed E-state index contributed by atoms with van der Waals surface area (Å²) in [6, 6.07) is 5.28. The Labute approximate surface area is 135 Å². The first-order valence-corrected chi connectivity index (χ1v) is 8.04. The molecule has 0 bridgehead atoms. The minimum atomic E-state index is -0.147. The molecule has 0 fully saturated rings. The summed E-state index contributed by atoms with van der Waals surface area (Å²) in [6.45, 7) is 6.34. The average molecular weight is 358 g/mol. The lowest BCUT2D eigenvalue weighted by Gasteiger charge is -2.31. The van der Waals surface area contributed by atoms with E-state index in [1.54, 1.807) is 32.4 Å². The van der Waals surface area contributed by atoms with E-state index in [1.165, 1.54) is 0 Å². The van der Waals surface area contributed by atoms with Crippen LogP contribution in [0, 0.1) is 5.41 Å². The second-order valence-electron chi connectivity index (χ2n) is 5.94. The molecular formula is C16H24BrNO3. The largest absolute Gasteiger partial charge is 0.497 e. The van der Waals surface area contributed by atoms with Crippen molar-refractivity contribution in [3.63, 3.8) is 0 Å². The Kier molecular flexibility index (Phi) is 6.52. The van der Waals surface area contributed by atoms with Crippen LogP contribution in [0.2, 0.25) is 0 Å². The van der Waals surface area contributed by atoms with Gasteiger partial charge in [-0.3, -0.25) is 4.79 Å². The van der Waals surface area contributed by atoms with Gasteiger partial charge in [0.2, 0.25) is 0 Å². The molecule has 1 N–H and O–H groups in total. The van der Waals surface area contributed by atoms with E-state index < -0.39 is 0 Å². The van der Waals surface area contributed by atoms with E-state index >= 15 is 0 Å². The molecule has 1 amide bonds. The normalized spacial score (nSPS) is 12.7. The van der Waals surface area contributed by atoms with Crippen molar-refractivity contribution in [2.24, 2.45) is 5.41 Å². The minimum absolute atomic E-state index is 0.0183. The number of alkyl halides is 1. The summed E-state index contributed by atoms with van der Waals surface area (Å²) in [7, 11) is 3.13. The number of carbonyl (C=O) groups excluding carboxylic acids is 1. The zero-order valence-corrected chi connectivity index (χ0v) is 14.9. The highest BCUT2D eigenvalue weighted by Crippen LogP contribution is 2.26. The van der Waals surface area contributed by atoms with Gasteiger partial charge in [0, 0.05) is 11.4 Å². The number of hydrogen-bond acceptors (Lipinski definition) is 3. The molecule has 1 rings (SSSR count). The van der Waals surface area contributed by atoms with Gasteiger partial charge in [-0.05, 0) is 30.0 Å². The van der Waals surface area contributed by atoms with Crippen LogP contribution in [-0.2, 0) is 0 Å². The third-order valence-corrected chi connectivity index (χ3v) is 3.86. The molecule has 118 valence electrons. The fourth-order valence-electron chi connectivity index (χ4n) is 2.06. The maximum atomic E-state index is 12.6. The summed E-state index contributed by atoms with van der Waals surface area (Å²) in [5, 5.41) is 3.93. The van der Waals surface area contributed by atoms with Gasteiger partial charge in [-0.2, -0.15) is 0 Å². The Bertz CT molecular complexity index is 483. The molecule has 1 atom stereocenters. The maximum Gasteiger partial charge on any atom is 0.255 e. The van der Waals surface area contributed by atoms with Crippen LogP contribution in [0.15, 0.2) is 18.2 Å². The van der Waals surface area contributed by atoms with Crippen molar-refractivity contribution in [2.75, 3.05) is 19.5 Å². The van der Waals surface area contributed by atoms with E-state index in [0.717, 1.165) is 11.8 Å². The number of rotatable bonds is 6. The van der Waals surface area contributed by atoms with E-state index in [9.17, 15) is 4.79 Å². The van der Waals surface area contributed by atoms with Gasteiger partial charge in [-0.1, -0.05) is 36.7 Å². The fraction of sp³-hybridized carbons (Fsp3) is 0.562. The molecule has 1 aromatic carbocycles. The lowest BCUT2D eigenvalue weighted by molar-refractivity contribution is 0.0897. The minimum Gasteiger partial charge on any atom is -0.497 e. The molecule has 0 aliphatic rings. The van der Waals surface area contributed by atoms with Gasteiger partial charge in [0.15, 0.2) is 0 Å². The Morgan fingerprint density at radius 1 is 1.29 bits per heavy atom. The number of carbonyl (C=O) groups is 1. The van der Waals surface area contributed by atoms with Crippen LogP contribution in [0.5, 0.6) is 11.5 Å². The van der Waals surface area contributed by atoms with E-state index in [4.69, 9.17) is 9.47 Å². The molecule has 0 saturated carbocycles. The van der Waals surface area contributed by atoms with E-state index in [2.05, 4.69) is 42.0 Å². The van der Waals surface area contributed by atoms with E-state index in [-0.39, 0.29) is 17.4 Å². The highest BCUT2D eigenvalue weighted by molar-refractivity contribution is 9.09. The molecule has 0 aliphatic carbocycles. The van der Waals surface area contributed by atoms with Gasteiger partial charge in [-0.15, -0.1) is 0 Å². The smallest absolute Gasteiger partial charge is 0.255 e. The standard InChI is InChI=1S/C16H24BrNO3/c1-16(2,3)14(8-9-17)18-15(19)12-10-11(20-4)6-7-13(12)21-5/h6-7,10,14H,8-9H2,1-5H3,(H,18,19). The molecule has 1 unspecified atom stereocenters. The number of ether oxygens (including phenoxy) is 2. The molecular weight excluding hydrogens is 334 g/mol. The Hall–Kier alpha value is -1.23. The predicted molar refractivity (Wildman–Crippen MR) is 88.7 cm³/mol. The van der Waals surface area contributed by atoms with Crippen LogP contribution in [0.25, 0.3) is 0 Å². The topological polar surface area (TPSA) is 47.6 Å². The maximum absolute atomic E-state index is 12.6. The number of amides is 1. The predicted octanol–water partition coefficient (Wildman–Crippen LogP) is 3.63. The highest BCUT2D eigenvalue weighted by atomic mass is 79.9. The Morgan fingerprint density at radius 2 is 1.95 bits per heavy atom. The van der Waals surface area contributed by atoms with E-state index in [1.807, 2.05) is 0 Å². The van der Waals surface area contributed by atoms with Gasteiger partial charge in [0.25, 0.3) is 5.91 Å². The van der Waals surface area contributed by atoms with Gasteiger partial charge in [0.05, 0.1) is 19.8 Å². The van der Waals surface area contributed by atoms with Gasteiger partial charge in [-0.25, -0.2) is 0 Å². The average Bonchev–Trinajstić information content (AvgIpc) is 2.44. The second kappa shape index (κ2) is 7.69. The van der Waals surface area contributed by atoms with Crippen molar-refractivity contribution >= 4 is 21.8 Å². The molecule has 0 aromatic heterocycles. The third-order valence-electron chi connectivity index (χ3n) is 3.40. The molecule has 0 aliphatic heterocycles. The number of hydrogen-bond donors (Lipinski definition) is 1. The van der Waals surface area contributed by atoms with Gasteiger partial charge < -0.3 is 14.8 Å². The first-order chi connectivity index (χ1) is 9.83. The molecule has 0 radical (unpaired) electrons. The molecule has 0 saturated heterocycles. The van der Waals surface area contributed by atoms with Crippen molar-refractivity contribution < 1.29 is 14.3 Å². The van der Waals surface area contributed by atoms with Crippen LogP contribution in [0.4, 0.5) is 0 Å². The van der Waals surface area contributed by atoms with Gasteiger partial charge in [0.1, 0.15) is 11.5 Å². The first kappa shape index (κ1) is 17.8. The summed E-state index contributed by atoms with van der Waals surface area (Å²) in [4.78, 5) is 12.6. The van der Waals surface area contributed by atoms with Crippen molar-refractivity contribution in [3.8, 4) is 11.5 Å². The molecule has 0 spiro atoms. The van der Waals surface area contributed by atoms with Crippen molar-refractivity contribution in [2.45, 2.75) is 33.2 Å². The lowest BCUT2D eigenvalue weighted by Crippen LogP contribution is -2.44. The number of methoxy groups -OCH3 is 2. The van der Waals surface area contributed by atoms with Crippen LogP contribution < -0.4 is 14.8 Å². The second-order valence-corrected chi connectivity index (χ2v) is 6.73. The summed E-state index contributed by atoms with van der Waals surface area (Å²) >= 11 is 3.44. The van der Waals surface area contributed by atoms with Crippen molar-refractivity contribution in [1.29, 1.82) is 0 Å². The van der Waals surface area contributed by atoms with Crippen LogP contribution in [0.3, 0.4) is 0 Å². The summed E-state index contributed by atoms with van der Waals surface area (Å²) < 4.78 is 10.4. The number of halogens is 1. The fourth-order valence-corrected chi connectivity index (χ4v) is 2.52. The highest BCUT2D eigenvalue weighted by Gasteiger charge is 2.27. The first-order valence-electron chi connectivity index (χ1n) is 6.92. The Balaban J connectivity index is 3.01. The quantitative estimate of drug-likeness (QED) is 0.790. The lowest BCUT2D eigenvalue weighted by atomic mass is 9.85. The zero-order valence-electron chi connectivity index (χ0n) is 13.3. The van der Waals surface area contributed by atoms with E-state index in [0.29, 0.717) is 17.1 Å². The van der Waals surface area contributed by atoms with Crippen molar-refractivity contribution in [1.82, 2.24) is 5.32 Å². The van der Waals surface area contributed by atoms with Gasteiger partial charge >= 0.3 is 0 Å². The summed E-state index contributed by atoms with van der Waals surface area (Å²) in [5.41, 5.74) is 0.468. The Morgan fingerprint density at radius 3 is 2.43 bits per heavy atom. The van der Waals surface area contributed by atoms with Crippen LogP contribution >= 0.6 is 15.9 Å². The van der Waals surface area contributed by atoms with Crippen LogP contribution in [-0.4, -0.2) is 31.5 Å². The monoisotopic (exact) mass is 357 g/mol. The third kappa shape index (κ3) is 4.92. The zero-order chi connectivity index (χ0) is 16.0. The molecule has 1 aromatic rings. The number of nitrogens with one attached hydrogen (secondary N) is 1. The SMILES string of the molecule is COc1ccc(OC)c(C(=O)NC(CCBr)C(C)(C)C)c1. The molecule has 4 nitrogen and oxygen atoms in total. The molecule has 21 heavy (non-hydrogen) atoms. The van der Waals surface area contributed by atoms with Crippen LogP contribution in [0.1, 0.15) is 37.6 Å². The molecule has 0 heterocycles. The van der Waals surface area contributed by atoms with Crippen molar-refractivity contribution in [3.05, 3.63) is 23.8 Å². The number of benzene rings is 1. The molecule has 5 heteroatoms. The summed E-state index contributed by atoms with van der Waals surface area (Å²) in [6.07, 6.45) is 0.863.